The van der Waals surface area contributed by atoms with Gasteiger partial charge in [-0.25, -0.2) is 0 Å². The predicted octanol–water partition coefficient (Wildman–Crippen LogP) is -0.831. The maximum absolute atomic E-state index is 11.7. The molecule has 0 aromatic heterocycles. The Morgan fingerprint density at radius 3 is 2.62 bits per heavy atom. The number of piperazine rings is 1. The molecule has 5 nitrogen and oxygen atoms in total. The van der Waals surface area contributed by atoms with E-state index in [1.807, 2.05) is 13.8 Å². The highest BCUT2D eigenvalue weighted by atomic mass is 16.3. The molecule has 1 rings (SSSR count). The van der Waals surface area contributed by atoms with Crippen molar-refractivity contribution in [2.75, 3.05) is 39.3 Å². The standard InChI is InChI=1S/C11H23N3O2/c1-11(2,3-8-15)13-10(16)9-14-6-4-12-5-7-14/h12,15H,3-9H2,1-2H3,(H,13,16). The van der Waals surface area contributed by atoms with Crippen LogP contribution in [0.4, 0.5) is 0 Å². The number of rotatable bonds is 5. The Morgan fingerprint density at radius 2 is 2.06 bits per heavy atom. The van der Waals surface area contributed by atoms with Gasteiger partial charge in [0.2, 0.25) is 5.91 Å². The molecule has 3 N–H and O–H groups in total. The van der Waals surface area contributed by atoms with Gasteiger partial charge in [-0.05, 0) is 20.3 Å². The van der Waals surface area contributed by atoms with Gasteiger partial charge in [-0.15, -0.1) is 0 Å². The summed E-state index contributed by atoms with van der Waals surface area (Å²) in [5.74, 6) is 0.0420. The molecule has 1 heterocycles. The van der Waals surface area contributed by atoms with Gasteiger partial charge >= 0.3 is 0 Å². The van der Waals surface area contributed by atoms with Crippen LogP contribution in [0.25, 0.3) is 0 Å². The Kier molecular flexibility index (Phi) is 5.18. The highest BCUT2D eigenvalue weighted by Crippen LogP contribution is 2.07. The van der Waals surface area contributed by atoms with Crippen LogP contribution >= 0.6 is 0 Å². The lowest BCUT2D eigenvalue weighted by Gasteiger charge is -2.30. The Labute approximate surface area is 97.2 Å². The zero-order chi connectivity index (χ0) is 12.0. The van der Waals surface area contributed by atoms with Gasteiger partial charge in [0.25, 0.3) is 0 Å². The van der Waals surface area contributed by atoms with Crippen LogP contribution in [-0.4, -0.2) is 60.8 Å². The number of carbonyl (C=O) groups is 1. The summed E-state index contributed by atoms with van der Waals surface area (Å²) in [6, 6.07) is 0. The monoisotopic (exact) mass is 229 g/mol. The largest absolute Gasteiger partial charge is 0.396 e. The number of nitrogens with one attached hydrogen (secondary N) is 2. The molecule has 0 atom stereocenters. The summed E-state index contributed by atoms with van der Waals surface area (Å²) in [4.78, 5) is 13.9. The summed E-state index contributed by atoms with van der Waals surface area (Å²) in [5.41, 5.74) is -0.320. The van der Waals surface area contributed by atoms with Gasteiger partial charge in [0.15, 0.2) is 0 Å². The van der Waals surface area contributed by atoms with Crippen molar-refractivity contribution in [2.24, 2.45) is 0 Å². The first-order valence-electron chi connectivity index (χ1n) is 5.88. The molecule has 0 aromatic rings. The topological polar surface area (TPSA) is 64.6 Å². The second kappa shape index (κ2) is 6.18. The van der Waals surface area contributed by atoms with Gasteiger partial charge in [-0.2, -0.15) is 0 Å². The molecule has 16 heavy (non-hydrogen) atoms. The van der Waals surface area contributed by atoms with E-state index in [0.29, 0.717) is 13.0 Å². The van der Waals surface area contributed by atoms with Crippen LogP contribution in [0.5, 0.6) is 0 Å². The summed E-state index contributed by atoms with van der Waals surface area (Å²) in [6.07, 6.45) is 0.584. The third-order valence-electron chi connectivity index (χ3n) is 2.79. The number of hydrogen-bond donors (Lipinski definition) is 3. The Morgan fingerprint density at radius 1 is 1.44 bits per heavy atom. The highest BCUT2D eigenvalue weighted by molar-refractivity contribution is 5.78. The molecule has 1 amide bonds. The highest BCUT2D eigenvalue weighted by Gasteiger charge is 2.21. The molecule has 0 bridgehead atoms. The molecule has 0 saturated carbocycles. The van der Waals surface area contributed by atoms with Crippen molar-refractivity contribution in [1.29, 1.82) is 0 Å². The normalized spacial score (nSPS) is 18.4. The molecule has 1 saturated heterocycles. The molecule has 0 aromatic carbocycles. The van der Waals surface area contributed by atoms with Crippen molar-refractivity contribution >= 4 is 5.91 Å². The molecule has 1 aliphatic heterocycles. The number of aliphatic hydroxyl groups is 1. The maximum Gasteiger partial charge on any atom is 0.234 e. The van der Waals surface area contributed by atoms with Crippen molar-refractivity contribution < 1.29 is 9.90 Å². The molecule has 0 aliphatic carbocycles. The first-order chi connectivity index (χ1) is 7.53. The second-order valence-corrected chi connectivity index (χ2v) is 4.93. The van der Waals surface area contributed by atoms with Crippen LogP contribution in [-0.2, 0) is 4.79 Å². The Balaban J connectivity index is 2.28. The van der Waals surface area contributed by atoms with E-state index in [1.54, 1.807) is 0 Å². The summed E-state index contributed by atoms with van der Waals surface area (Å²) < 4.78 is 0. The van der Waals surface area contributed by atoms with E-state index < -0.39 is 0 Å². The van der Waals surface area contributed by atoms with Crippen molar-refractivity contribution in [3.63, 3.8) is 0 Å². The minimum absolute atomic E-state index is 0.0420. The first kappa shape index (κ1) is 13.4. The fourth-order valence-corrected chi connectivity index (χ4v) is 1.83. The van der Waals surface area contributed by atoms with E-state index >= 15 is 0 Å². The van der Waals surface area contributed by atoms with E-state index in [4.69, 9.17) is 5.11 Å². The van der Waals surface area contributed by atoms with Crippen LogP contribution in [0.15, 0.2) is 0 Å². The van der Waals surface area contributed by atoms with Gasteiger partial charge < -0.3 is 15.7 Å². The van der Waals surface area contributed by atoms with Crippen LogP contribution in [0, 0.1) is 0 Å². The SMILES string of the molecule is CC(C)(CCO)NC(=O)CN1CCNCC1. The van der Waals surface area contributed by atoms with E-state index in [2.05, 4.69) is 15.5 Å². The van der Waals surface area contributed by atoms with Crippen LogP contribution in [0.2, 0.25) is 0 Å². The molecule has 5 heteroatoms. The Bertz CT molecular complexity index is 225. The fourth-order valence-electron chi connectivity index (χ4n) is 1.83. The van der Waals surface area contributed by atoms with Crippen LogP contribution < -0.4 is 10.6 Å². The Hall–Kier alpha value is -0.650. The zero-order valence-electron chi connectivity index (χ0n) is 10.3. The third-order valence-corrected chi connectivity index (χ3v) is 2.79. The van der Waals surface area contributed by atoms with Crippen LogP contribution in [0.1, 0.15) is 20.3 Å². The summed E-state index contributed by atoms with van der Waals surface area (Å²) >= 11 is 0. The summed E-state index contributed by atoms with van der Waals surface area (Å²) in [5, 5.41) is 15.1. The van der Waals surface area contributed by atoms with E-state index in [1.165, 1.54) is 0 Å². The van der Waals surface area contributed by atoms with Crippen molar-refractivity contribution in [3.05, 3.63) is 0 Å². The molecular formula is C11H23N3O2. The number of amides is 1. The molecular weight excluding hydrogens is 206 g/mol. The number of carbonyl (C=O) groups excluding carboxylic acids is 1. The van der Waals surface area contributed by atoms with Gasteiger partial charge in [0.05, 0.1) is 6.54 Å². The molecule has 94 valence electrons. The molecule has 0 unspecified atom stereocenters. The molecule has 0 radical (unpaired) electrons. The zero-order valence-corrected chi connectivity index (χ0v) is 10.3. The fraction of sp³-hybridized carbons (Fsp3) is 0.909. The molecule has 1 aliphatic rings. The number of hydrogen-bond acceptors (Lipinski definition) is 4. The average Bonchev–Trinajstić information content (AvgIpc) is 2.17. The molecule has 1 fully saturated rings. The van der Waals surface area contributed by atoms with E-state index in [0.717, 1.165) is 26.2 Å². The van der Waals surface area contributed by atoms with E-state index in [9.17, 15) is 4.79 Å². The van der Waals surface area contributed by atoms with Crippen LogP contribution in [0.3, 0.4) is 0 Å². The lowest BCUT2D eigenvalue weighted by Crippen LogP contribution is -2.51. The third kappa shape index (κ3) is 4.92. The second-order valence-electron chi connectivity index (χ2n) is 4.93. The van der Waals surface area contributed by atoms with E-state index in [-0.39, 0.29) is 18.1 Å². The number of aliphatic hydroxyl groups excluding tert-OH is 1. The minimum atomic E-state index is -0.320. The van der Waals surface area contributed by atoms with Crippen molar-refractivity contribution in [2.45, 2.75) is 25.8 Å². The van der Waals surface area contributed by atoms with Gasteiger partial charge in [0, 0.05) is 38.3 Å². The minimum Gasteiger partial charge on any atom is -0.396 e. The lowest BCUT2D eigenvalue weighted by molar-refractivity contribution is -0.124. The number of nitrogens with zero attached hydrogens (tertiary/aromatic N) is 1. The first-order valence-corrected chi connectivity index (χ1v) is 5.88. The van der Waals surface area contributed by atoms with Gasteiger partial charge in [-0.3, -0.25) is 9.69 Å². The van der Waals surface area contributed by atoms with Gasteiger partial charge in [0.1, 0.15) is 0 Å². The average molecular weight is 229 g/mol. The quantitative estimate of drug-likeness (QED) is 0.576. The molecule has 0 spiro atoms. The lowest BCUT2D eigenvalue weighted by atomic mass is 10.0. The van der Waals surface area contributed by atoms with Crippen molar-refractivity contribution in [3.8, 4) is 0 Å². The summed E-state index contributed by atoms with van der Waals surface area (Å²) in [6.45, 7) is 8.16. The maximum atomic E-state index is 11.7. The van der Waals surface area contributed by atoms with Crippen molar-refractivity contribution in [1.82, 2.24) is 15.5 Å². The predicted molar refractivity (Wildman–Crippen MR) is 63.2 cm³/mol. The summed E-state index contributed by atoms with van der Waals surface area (Å²) in [7, 11) is 0. The smallest absolute Gasteiger partial charge is 0.234 e. The van der Waals surface area contributed by atoms with Gasteiger partial charge in [-0.1, -0.05) is 0 Å².